The Kier molecular flexibility index (Phi) is 3.20. The van der Waals surface area contributed by atoms with Gasteiger partial charge in [0.25, 0.3) is 0 Å². The molecule has 3 heteroatoms. The fourth-order valence-electron chi connectivity index (χ4n) is 2.39. The van der Waals surface area contributed by atoms with Gasteiger partial charge in [0.05, 0.1) is 6.04 Å². The second kappa shape index (κ2) is 4.39. The number of rotatable bonds is 2. The second-order valence-electron chi connectivity index (χ2n) is 5.84. The van der Waals surface area contributed by atoms with Crippen LogP contribution in [0.3, 0.4) is 0 Å². The van der Waals surface area contributed by atoms with Crippen LogP contribution in [0, 0.1) is 18.2 Å². The Morgan fingerprint density at radius 1 is 1.28 bits per heavy atom. The van der Waals surface area contributed by atoms with Gasteiger partial charge in [-0.3, -0.25) is 0 Å². The predicted molar refractivity (Wildman–Crippen MR) is 72.2 cm³/mol. The minimum Gasteiger partial charge on any atom is -0.456 e. The third-order valence-electron chi connectivity index (χ3n) is 3.31. The molecule has 0 spiro atoms. The van der Waals surface area contributed by atoms with Crippen molar-refractivity contribution in [3.8, 4) is 0 Å². The van der Waals surface area contributed by atoms with Crippen molar-refractivity contribution in [3.05, 3.63) is 35.3 Å². The summed E-state index contributed by atoms with van der Waals surface area (Å²) in [5, 5.41) is 4.10. The zero-order valence-electron chi connectivity index (χ0n) is 11.6. The lowest BCUT2D eigenvalue weighted by Gasteiger charge is -2.28. The molecular weight excluding hydrogens is 229 g/mol. The topological polar surface area (TPSA) is 25.2 Å². The van der Waals surface area contributed by atoms with Crippen LogP contribution in [0.1, 0.15) is 38.1 Å². The predicted octanol–water partition coefficient (Wildman–Crippen LogP) is 4.19. The molecule has 1 atom stereocenters. The first-order valence-corrected chi connectivity index (χ1v) is 6.20. The van der Waals surface area contributed by atoms with Gasteiger partial charge in [0, 0.05) is 5.39 Å². The minimum atomic E-state index is -0.300. The van der Waals surface area contributed by atoms with Crippen molar-refractivity contribution in [3.63, 3.8) is 0 Å². The zero-order chi connectivity index (χ0) is 13.5. The molecule has 1 heterocycles. The normalized spacial score (nSPS) is 14.1. The molecule has 1 aromatic heterocycles. The molecule has 2 aromatic rings. The van der Waals surface area contributed by atoms with Crippen LogP contribution < -0.4 is 5.32 Å². The smallest absolute Gasteiger partial charge is 0.170 e. The minimum absolute atomic E-state index is 0.00695. The van der Waals surface area contributed by atoms with E-state index in [0.29, 0.717) is 5.58 Å². The highest BCUT2D eigenvalue weighted by Gasteiger charge is 2.28. The van der Waals surface area contributed by atoms with Crippen molar-refractivity contribution in [1.29, 1.82) is 0 Å². The van der Waals surface area contributed by atoms with Gasteiger partial charge in [-0.2, -0.15) is 0 Å². The van der Waals surface area contributed by atoms with Crippen LogP contribution in [0.5, 0.6) is 0 Å². The number of furan rings is 1. The monoisotopic (exact) mass is 249 g/mol. The Balaban J connectivity index is 2.60. The number of aryl methyl sites for hydroxylation is 1. The fourth-order valence-corrected chi connectivity index (χ4v) is 2.39. The van der Waals surface area contributed by atoms with Gasteiger partial charge < -0.3 is 9.73 Å². The van der Waals surface area contributed by atoms with Crippen molar-refractivity contribution >= 4 is 11.0 Å². The quantitative estimate of drug-likeness (QED) is 0.863. The van der Waals surface area contributed by atoms with Gasteiger partial charge >= 0.3 is 0 Å². The maximum absolute atomic E-state index is 13.7. The fraction of sp³-hybridized carbons (Fsp3) is 0.467. The number of halogens is 1. The van der Waals surface area contributed by atoms with Crippen LogP contribution in [-0.4, -0.2) is 7.05 Å². The summed E-state index contributed by atoms with van der Waals surface area (Å²) in [5.74, 6) is 0.485. The lowest BCUT2D eigenvalue weighted by molar-refractivity contribution is 0.253. The van der Waals surface area contributed by atoms with E-state index in [1.165, 1.54) is 6.07 Å². The number of hydrogen-bond donors (Lipinski definition) is 1. The summed E-state index contributed by atoms with van der Waals surface area (Å²) in [6, 6.07) is 5.24. The summed E-state index contributed by atoms with van der Waals surface area (Å²) in [6.45, 7) is 8.35. The second-order valence-corrected chi connectivity index (χ2v) is 5.84. The van der Waals surface area contributed by atoms with E-state index in [2.05, 4.69) is 26.1 Å². The highest BCUT2D eigenvalue weighted by molar-refractivity contribution is 5.82. The lowest BCUT2D eigenvalue weighted by Crippen LogP contribution is -2.29. The van der Waals surface area contributed by atoms with Crippen molar-refractivity contribution in [2.45, 2.75) is 33.7 Å². The van der Waals surface area contributed by atoms with E-state index in [-0.39, 0.29) is 17.3 Å². The molecule has 0 saturated heterocycles. The third-order valence-corrected chi connectivity index (χ3v) is 3.31. The van der Waals surface area contributed by atoms with Crippen molar-refractivity contribution < 1.29 is 8.81 Å². The molecule has 0 aliphatic carbocycles. The molecule has 1 unspecified atom stereocenters. The van der Waals surface area contributed by atoms with Crippen molar-refractivity contribution in [2.75, 3.05) is 7.05 Å². The van der Waals surface area contributed by atoms with Crippen LogP contribution in [-0.2, 0) is 0 Å². The van der Waals surface area contributed by atoms with Crippen LogP contribution in [0.2, 0.25) is 0 Å². The molecule has 0 aliphatic rings. The third kappa shape index (κ3) is 2.15. The summed E-state index contributed by atoms with van der Waals surface area (Å²) in [5.41, 5.74) is 1.40. The molecule has 0 bridgehead atoms. The first kappa shape index (κ1) is 13.1. The number of fused-ring (bicyclic) bond motifs is 1. The Hall–Kier alpha value is -1.35. The van der Waals surface area contributed by atoms with Gasteiger partial charge in [0.1, 0.15) is 5.76 Å². The maximum Gasteiger partial charge on any atom is 0.170 e. The Labute approximate surface area is 107 Å². The molecule has 98 valence electrons. The van der Waals surface area contributed by atoms with Crippen LogP contribution in [0.25, 0.3) is 11.0 Å². The molecule has 0 fully saturated rings. The van der Waals surface area contributed by atoms with Crippen molar-refractivity contribution in [1.82, 2.24) is 5.32 Å². The molecule has 1 N–H and O–H groups in total. The van der Waals surface area contributed by atoms with Gasteiger partial charge in [0.2, 0.25) is 0 Å². The van der Waals surface area contributed by atoms with Gasteiger partial charge in [-0.15, -0.1) is 0 Å². The summed E-state index contributed by atoms with van der Waals surface area (Å²) in [4.78, 5) is 0. The van der Waals surface area contributed by atoms with E-state index >= 15 is 0 Å². The van der Waals surface area contributed by atoms with E-state index in [9.17, 15) is 4.39 Å². The average Bonchev–Trinajstić information content (AvgIpc) is 2.68. The van der Waals surface area contributed by atoms with Crippen molar-refractivity contribution in [2.24, 2.45) is 5.41 Å². The maximum atomic E-state index is 13.7. The van der Waals surface area contributed by atoms with Crippen LogP contribution in [0.15, 0.2) is 22.6 Å². The molecule has 18 heavy (non-hydrogen) atoms. The molecule has 0 amide bonds. The molecule has 0 radical (unpaired) electrons. The molecular formula is C15H20FNO. The van der Waals surface area contributed by atoms with E-state index in [1.54, 1.807) is 6.07 Å². The standard InChI is InChI=1S/C15H20FNO/c1-9-6-7-11(16)13-10(9)8-12(18-13)14(17-5)15(2,3)4/h6-8,14,17H,1-5H3. The highest BCUT2D eigenvalue weighted by Crippen LogP contribution is 2.36. The van der Waals surface area contributed by atoms with E-state index in [4.69, 9.17) is 4.42 Å². The average molecular weight is 249 g/mol. The number of benzene rings is 1. The van der Waals surface area contributed by atoms with E-state index in [1.807, 2.05) is 20.0 Å². The Bertz CT molecular complexity index is 527. The zero-order valence-corrected chi connectivity index (χ0v) is 11.6. The van der Waals surface area contributed by atoms with Gasteiger partial charge in [-0.25, -0.2) is 4.39 Å². The lowest BCUT2D eigenvalue weighted by atomic mass is 9.85. The molecule has 0 aliphatic heterocycles. The van der Waals surface area contributed by atoms with Crippen LogP contribution in [0.4, 0.5) is 4.39 Å². The number of nitrogens with one attached hydrogen (secondary N) is 1. The van der Waals surface area contributed by atoms with E-state index < -0.39 is 0 Å². The first-order valence-electron chi connectivity index (χ1n) is 6.20. The summed E-state index contributed by atoms with van der Waals surface area (Å²) in [7, 11) is 1.90. The molecule has 2 nitrogen and oxygen atoms in total. The summed E-state index contributed by atoms with van der Waals surface area (Å²) < 4.78 is 19.5. The number of hydrogen-bond acceptors (Lipinski definition) is 2. The van der Waals surface area contributed by atoms with E-state index in [0.717, 1.165) is 16.7 Å². The van der Waals surface area contributed by atoms with Crippen LogP contribution >= 0.6 is 0 Å². The summed E-state index contributed by atoms with van der Waals surface area (Å²) in [6.07, 6.45) is 0. The summed E-state index contributed by atoms with van der Waals surface area (Å²) >= 11 is 0. The highest BCUT2D eigenvalue weighted by atomic mass is 19.1. The molecule has 0 saturated carbocycles. The molecule has 1 aromatic carbocycles. The SMILES string of the molecule is CNC(c1cc2c(C)ccc(F)c2o1)C(C)(C)C. The first-order chi connectivity index (χ1) is 8.34. The largest absolute Gasteiger partial charge is 0.456 e. The van der Waals surface area contributed by atoms with Gasteiger partial charge in [-0.05, 0) is 37.1 Å². The van der Waals surface area contributed by atoms with Gasteiger partial charge in [-0.1, -0.05) is 26.8 Å². The molecule has 2 rings (SSSR count). The Morgan fingerprint density at radius 3 is 2.44 bits per heavy atom. The van der Waals surface area contributed by atoms with Gasteiger partial charge in [0.15, 0.2) is 11.4 Å². The Morgan fingerprint density at radius 2 is 1.94 bits per heavy atom.